The van der Waals surface area contributed by atoms with Crippen LogP contribution in [0.15, 0.2) is 54.9 Å². The molecule has 1 aromatic heterocycles. The molecule has 2 aromatic carbocycles. The van der Waals surface area contributed by atoms with Crippen molar-refractivity contribution in [3.05, 3.63) is 87.7 Å². The van der Waals surface area contributed by atoms with E-state index in [1.165, 1.54) is 6.07 Å². The van der Waals surface area contributed by atoms with E-state index >= 15 is 0 Å². The highest BCUT2D eigenvalue weighted by atomic mass is 35.5. The summed E-state index contributed by atoms with van der Waals surface area (Å²) in [4.78, 5) is 0. The number of hydrogen-bond donors (Lipinski definition) is 5. The third-order valence-corrected chi connectivity index (χ3v) is 6.20. The van der Waals surface area contributed by atoms with Crippen molar-refractivity contribution >= 4 is 11.6 Å². The van der Waals surface area contributed by atoms with Crippen LogP contribution in [-0.4, -0.2) is 66.3 Å². The molecule has 0 unspecified atom stereocenters. The molecule has 3 aromatic rings. The average molecular weight is 485 g/mol. The van der Waals surface area contributed by atoms with E-state index in [4.69, 9.17) is 16.3 Å². The summed E-state index contributed by atoms with van der Waals surface area (Å²) in [5.41, 5.74) is 3.39. The van der Waals surface area contributed by atoms with E-state index in [-0.39, 0.29) is 5.56 Å². The van der Waals surface area contributed by atoms with Crippen molar-refractivity contribution in [2.45, 2.75) is 36.6 Å². The molecular weight excluding hydrogens is 460 g/mol. The third-order valence-electron chi connectivity index (χ3n) is 5.83. The number of aliphatic hydroxyl groups excluding tert-OH is 4. The van der Waals surface area contributed by atoms with Crippen molar-refractivity contribution in [3.63, 3.8) is 0 Å². The molecule has 1 saturated heterocycles. The van der Waals surface area contributed by atoms with Gasteiger partial charge in [0.25, 0.3) is 0 Å². The van der Waals surface area contributed by atoms with Gasteiger partial charge in [0, 0.05) is 29.4 Å². The number of aromatic nitrogens is 2. The lowest BCUT2D eigenvalue weighted by Gasteiger charge is -2.45. The Hall–Kier alpha value is -2.74. The summed E-state index contributed by atoms with van der Waals surface area (Å²) < 4.78 is 7.10. The Morgan fingerprint density at radius 1 is 1.06 bits per heavy atom. The fourth-order valence-corrected chi connectivity index (χ4v) is 4.07. The minimum Gasteiger partial charge on any atom is -0.394 e. The number of aryl methyl sites for hydroxylation is 1. The van der Waals surface area contributed by atoms with Gasteiger partial charge in [0.15, 0.2) is 0 Å². The lowest BCUT2D eigenvalue weighted by atomic mass is 9.87. The molecule has 178 valence electrons. The first-order valence-corrected chi connectivity index (χ1v) is 11.0. The maximum Gasteiger partial charge on any atom is 0.222 e. The van der Waals surface area contributed by atoms with Gasteiger partial charge in [0.1, 0.15) is 24.4 Å². The van der Waals surface area contributed by atoms with E-state index in [1.807, 2.05) is 37.5 Å². The molecule has 5 N–H and O–H groups in total. The maximum absolute atomic E-state index is 11.1. The van der Waals surface area contributed by atoms with Gasteiger partial charge >= 0.3 is 0 Å². The summed E-state index contributed by atoms with van der Waals surface area (Å²) in [5.74, 6) is 3.80. The summed E-state index contributed by atoms with van der Waals surface area (Å²) in [7, 11) is 1.83. The Bertz CT molecular complexity index is 1220. The molecule has 4 rings (SSSR count). The second kappa shape index (κ2) is 9.86. The van der Waals surface area contributed by atoms with Gasteiger partial charge in [0.2, 0.25) is 5.79 Å². The van der Waals surface area contributed by atoms with Gasteiger partial charge in [0.05, 0.1) is 18.4 Å². The standard InChI is InChI=1S/C25H25ClN2O6/c1-28-13-17(12-27-28)7-4-15-2-5-16(6-3-15)10-18-11-19(8-9-20(18)26)25(33)24(32)23(31)22(30)21(14-29)34-25/h2-3,5-6,8-9,11-13,21-24,29-33H,10,14H2,1H3/t21-,22-,23+,24-,25+/m1/s1. The summed E-state index contributed by atoms with van der Waals surface area (Å²) >= 11 is 6.38. The molecule has 2 heterocycles. The zero-order valence-corrected chi connectivity index (χ0v) is 19.1. The molecular formula is C25H25ClN2O6. The van der Waals surface area contributed by atoms with Crippen LogP contribution in [0.4, 0.5) is 0 Å². The molecule has 0 bridgehead atoms. The molecule has 0 spiro atoms. The minimum absolute atomic E-state index is 0.141. The molecule has 1 aliphatic rings. The van der Waals surface area contributed by atoms with Crippen LogP contribution in [0.1, 0.15) is 27.8 Å². The summed E-state index contributed by atoms with van der Waals surface area (Å²) in [6, 6.07) is 12.2. The fraction of sp³-hybridized carbons (Fsp3) is 0.320. The van der Waals surface area contributed by atoms with Crippen molar-refractivity contribution in [2.24, 2.45) is 7.05 Å². The quantitative estimate of drug-likeness (QED) is 0.344. The Labute approximate surface area is 201 Å². The number of halogens is 1. The van der Waals surface area contributed by atoms with Gasteiger partial charge < -0.3 is 30.3 Å². The van der Waals surface area contributed by atoms with Crippen LogP contribution in [0.3, 0.4) is 0 Å². The fourth-order valence-electron chi connectivity index (χ4n) is 3.88. The first-order chi connectivity index (χ1) is 16.2. The Morgan fingerprint density at radius 3 is 2.41 bits per heavy atom. The first-order valence-electron chi connectivity index (χ1n) is 10.6. The topological polar surface area (TPSA) is 128 Å². The van der Waals surface area contributed by atoms with Crippen LogP contribution in [0.2, 0.25) is 5.02 Å². The first kappa shape index (κ1) is 24.4. The van der Waals surface area contributed by atoms with Gasteiger partial charge in [-0.3, -0.25) is 4.68 Å². The number of ether oxygens (including phenoxy) is 1. The van der Waals surface area contributed by atoms with Crippen molar-refractivity contribution in [3.8, 4) is 11.8 Å². The molecule has 1 fully saturated rings. The van der Waals surface area contributed by atoms with E-state index in [2.05, 4.69) is 16.9 Å². The maximum atomic E-state index is 11.1. The third kappa shape index (κ3) is 4.87. The molecule has 0 radical (unpaired) electrons. The summed E-state index contributed by atoms with van der Waals surface area (Å²) in [6.45, 7) is -0.649. The van der Waals surface area contributed by atoms with Crippen LogP contribution in [0.5, 0.6) is 0 Å². The van der Waals surface area contributed by atoms with E-state index in [0.29, 0.717) is 17.0 Å². The van der Waals surface area contributed by atoms with Crippen molar-refractivity contribution in [2.75, 3.05) is 6.61 Å². The van der Waals surface area contributed by atoms with Gasteiger partial charge in [-0.1, -0.05) is 41.6 Å². The van der Waals surface area contributed by atoms with Crippen LogP contribution in [-0.2, 0) is 24.0 Å². The van der Waals surface area contributed by atoms with E-state index < -0.39 is 36.8 Å². The summed E-state index contributed by atoms with van der Waals surface area (Å²) in [6.07, 6.45) is -2.43. The molecule has 8 nitrogen and oxygen atoms in total. The minimum atomic E-state index is -2.34. The molecule has 34 heavy (non-hydrogen) atoms. The Balaban J connectivity index is 1.55. The smallest absolute Gasteiger partial charge is 0.222 e. The monoisotopic (exact) mass is 484 g/mol. The van der Waals surface area contributed by atoms with E-state index in [1.54, 1.807) is 23.0 Å². The van der Waals surface area contributed by atoms with Crippen molar-refractivity contribution in [1.29, 1.82) is 0 Å². The van der Waals surface area contributed by atoms with Crippen molar-refractivity contribution < 1.29 is 30.3 Å². The summed E-state index contributed by atoms with van der Waals surface area (Å²) in [5, 5.41) is 55.6. The van der Waals surface area contributed by atoms with Crippen LogP contribution < -0.4 is 0 Å². The largest absolute Gasteiger partial charge is 0.394 e. The molecule has 9 heteroatoms. The molecule has 0 saturated carbocycles. The molecule has 1 aliphatic heterocycles. The number of rotatable bonds is 4. The van der Waals surface area contributed by atoms with Gasteiger partial charge in [-0.15, -0.1) is 0 Å². The van der Waals surface area contributed by atoms with Gasteiger partial charge in [-0.25, -0.2) is 0 Å². The lowest BCUT2D eigenvalue weighted by Crippen LogP contribution is -2.63. The van der Waals surface area contributed by atoms with E-state index in [0.717, 1.165) is 16.7 Å². The predicted molar refractivity (Wildman–Crippen MR) is 124 cm³/mol. The predicted octanol–water partition coefficient (Wildman–Crippen LogP) is 0.683. The van der Waals surface area contributed by atoms with Crippen LogP contribution >= 0.6 is 11.6 Å². The highest BCUT2D eigenvalue weighted by molar-refractivity contribution is 6.31. The Morgan fingerprint density at radius 2 is 1.76 bits per heavy atom. The lowest BCUT2D eigenvalue weighted by molar-refractivity contribution is -0.357. The second-order valence-electron chi connectivity index (χ2n) is 8.29. The number of nitrogens with zero attached hydrogens (tertiary/aromatic N) is 2. The molecule has 0 amide bonds. The van der Waals surface area contributed by atoms with Crippen molar-refractivity contribution in [1.82, 2.24) is 9.78 Å². The number of aliphatic hydroxyl groups is 5. The average Bonchev–Trinajstić information content (AvgIpc) is 3.26. The van der Waals surface area contributed by atoms with Crippen LogP contribution in [0, 0.1) is 11.8 Å². The van der Waals surface area contributed by atoms with Gasteiger partial charge in [-0.2, -0.15) is 5.10 Å². The van der Waals surface area contributed by atoms with Crippen LogP contribution in [0.25, 0.3) is 0 Å². The number of benzene rings is 2. The highest BCUT2D eigenvalue weighted by Gasteiger charge is 2.53. The Kier molecular flexibility index (Phi) is 7.07. The normalized spacial score (nSPS) is 26.7. The molecule has 0 aliphatic carbocycles. The SMILES string of the molecule is Cn1cc(C#Cc2ccc(Cc3cc([C@]4(O)O[C@H](CO)[C@@H](O)[C@H](O)[C@H]4O)ccc3Cl)cc2)cn1. The zero-order chi connectivity index (χ0) is 24.5. The number of hydrogen-bond acceptors (Lipinski definition) is 7. The molecule has 5 atom stereocenters. The van der Waals surface area contributed by atoms with Gasteiger partial charge in [-0.05, 0) is 41.8 Å². The zero-order valence-electron chi connectivity index (χ0n) is 18.3. The van der Waals surface area contributed by atoms with E-state index in [9.17, 15) is 25.5 Å². The highest BCUT2D eigenvalue weighted by Crippen LogP contribution is 2.37. The second-order valence-corrected chi connectivity index (χ2v) is 8.70.